The van der Waals surface area contributed by atoms with E-state index in [4.69, 9.17) is 0 Å². The van der Waals surface area contributed by atoms with E-state index in [1.165, 1.54) is 25.3 Å². The predicted molar refractivity (Wildman–Crippen MR) is 79.3 cm³/mol. The summed E-state index contributed by atoms with van der Waals surface area (Å²) in [5.41, 5.74) is 1.05. The smallest absolute Gasteiger partial charge is 0.124 e. The zero-order valence-electron chi connectivity index (χ0n) is 11.5. The van der Waals surface area contributed by atoms with E-state index in [9.17, 15) is 4.39 Å². The van der Waals surface area contributed by atoms with Gasteiger partial charge in [-0.3, -0.25) is 0 Å². The van der Waals surface area contributed by atoms with E-state index in [1.54, 1.807) is 6.07 Å². The van der Waals surface area contributed by atoms with E-state index in [-0.39, 0.29) is 5.82 Å². The lowest BCUT2D eigenvalue weighted by atomic mass is 9.91. The summed E-state index contributed by atoms with van der Waals surface area (Å²) in [7, 11) is 1.99. The lowest BCUT2D eigenvalue weighted by Crippen LogP contribution is -2.34. The third-order valence-electron chi connectivity index (χ3n) is 3.45. The molecular weight excluding hydrogens is 293 g/mol. The molecule has 1 aromatic rings. The van der Waals surface area contributed by atoms with Crippen molar-refractivity contribution in [2.45, 2.75) is 45.6 Å². The summed E-state index contributed by atoms with van der Waals surface area (Å²) in [5, 5.41) is 3.36. The van der Waals surface area contributed by atoms with Crippen molar-refractivity contribution < 1.29 is 4.39 Å². The minimum absolute atomic E-state index is 0.171. The fourth-order valence-corrected chi connectivity index (χ4v) is 2.81. The van der Waals surface area contributed by atoms with Crippen molar-refractivity contribution >= 4 is 15.9 Å². The molecule has 0 radical (unpaired) electrons. The number of hydrogen-bond donors (Lipinski definition) is 1. The summed E-state index contributed by atoms with van der Waals surface area (Å²) in [6.07, 6.45) is 4.58. The van der Waals surface area contributed by atoms with Crippen LogP contribution in [0, 0.1) is 11.7 Å². The van der Waals surface area contributed by atoms with Crippen molar-refractivity contribution in [1.29, 1.82) is 0 Å². The first kappa shape index (κ1) is 15.6. The first-order valence-electron chi connectivity index (χ1n) is 6.69. The van der Waals surface area contributed by atoms with Crippen molar-refractivity contribution in [2.24, 2.45) is 5.92 Å². The molecule has 0 bridgehead atoms. The van der Waals surface area contributed by atoms with Gasteiger partial charge in [-0.2, -0.15) is 0 Å². The summed E-state index contributed by atoms with van der Waals surface area (Å²) in [5.74, 6) is 0.437. The lowest BCUT2D eigenvalue weighted by molar-refractivity contribution is 0.365. The predicted octanol–water partition coefficient (Wildman–Crippen LogP) is 4.55. The van der Waals surface area contributed by atoms with Crippen LogP contribution in [0.25, 0.3) is 0 Å². The summed E-state index contributed by atoms with van der Waals surface area (Å²) < 4.78 is 14.1. The Balaban J connectivity index is 2.66. The maximum absolute atomic E-state index is 13.3. The van der Waals surface area contributed by atoms with Crippen LogP contribution in [0.5, 0.6) is 0 Å². The Labute approximate surface area is 118 Å². The molecule has 0 fully saturated rings. The molecular formula is C15H23BrFN. The van der Waals surface area contributed by atoms with E-state index in [0.717, 1.165) is 16.5 Å². The molecule has 2 atom stereocenters. The van der Waals surface area contributed by atoms with Crippen molar-refractivity contribution in [2.75, 3.05) is 7.05 Å². The number of likely N-dealkylation sites (N-methyl/N-ethyl adjacent to an activating group) is 1. The van der Waals surface area contributed by atoms with Crippen LogP contribution in [0.1, 0.15) is 38.7 Å². The van der Waals surface area contributed by atoms with Gasteiger partial charge in [0.2, 0.25) is 0 Å². The van der Waals surface area contributed by atoms with Gasteiger partial charge in [-0.05, 0) is 49.6 Å². The second-order valence-electron chi connectivity index (χ2n) is 5.00. The monoisotopic (exact) mass is 315 g/mol. The molecule has 0 aromatic heterocycles. The van der Waals surface area contributed by atoms with Gasteiger partial charge in [0, 0.05) is 10.5 Å². The number of rotatable bonds is 7. The first-order valence-corrected chi connectivity index (χ1v) is 7.48. The van der Waals surface area contributed by atoms with Crippen LogP contribution in [0.2, 0.25) is 0 Å². The van der Waals surface area contributed by atoms with Crippen LogP contribution in [0.15, 0.2) is 22.7 Å². The molecule has 18 heavy (non-hydrogen) atoms. The molecule has 0 aliphatic carbocycles. The SMILES string of the molecule is CCCCC(C)C(Cc1cc(F)cc(Br)c1)NC. The molecule has 1 nitrogen and oxygen atoms in total. The van der Waals surface area contributed by atoms with Gasteiger partial charge < -0.3 is 5.32 Å². The highest BCUT2D eigenvalue weighted by atomic mass is 79.9. The van der Waals surface area contributed by atoms with E-state index in [2.05, 4.69) is 35.1 Å². The van der Waals surface area contributed by atoms with Crippen molar-refractivity contribution in [3.63, 3.8) is 0 Å². The Morgan fingerprint density at radius 1 is 1.33 bits per heavy atom. The third kappa shape index (κ3) is 5.07. The molecule has 0 aliphatic rings. The number of benzene rings is 1. The minimum atomic E-state index is -0.171. The standard InChI is InChI=1S/C15H23BrFN/c1-4-5-6-11(2)15(18-3)9-12-7-13(16)10-14(17)8-12/h7-8,10-11,15,18H,4-6,9H2,1-3H3. The molecule has 0 saturated carbocycles. The highest BCUT2D eigenvalue weighted by Gasteiger charge is 2.16. The summed E-state index contributed by atoms with van der Waals surface area (Å²) >= 11 is 3.34. The van der Waals surface area contributed by atoms with Gasteiger partial charge in [0.1, 0.15) is 5.82 Å². The molecule has 1 rings (SSSR count). The van der Waals surface area contributed by atoms with Gasteiger partial charge in [0.15, 0.2) is 0 Å². The topological polar surface area (TPSA) is 12.0 Å². The summed E-state index contributed by atoms with van der Waals surface area (Å²) in [6, 6.07) is 5.53. The Bertz CT molecular complexity index is 347. The Kier molecular flexibility index (Phi) is 6.87. The van der Waals surface area contributed by atoms with Crippen molar-refractivity contribution in [3.05, 3.63) is 34.1 Å². The van der Waals surface area contributed by atoms with E-state index < -0.39 is 0 Å². The summed E-state index contributed by atoms with van der Waals surface area (Å²) in [6.45, 7) is 4.48. The van der Waals surface area contributed by atoms with E-state index in [0.29, 0.717) is 12.0 Å². The van der Waals surface area contributed by atoms with Crippen LogP contribution in [0.3, 0.4) is 0 Å². The fourth-order valence-electron chi connectivity index (χ4n) is 2.30. The quantitative estimate of drug-likeness (QED) is 0.778. The summed E-state index contributed by atoms with van der Waals surface area (Å²) in [4.78, 5) is 0. The van der Waals surface area contributed by atoms with E-state index >= 15 is 0 Å². The highest BCUT2D eigenvalue weighted by molar-refractivity contribution is 9.10. The van der Waals surface area contributed by atoms with Crippen molar-refractivity contribution in [1.82, 2.24) is 5.32 Å². The van der Waals surface area contributed by atoms with Gasteiger partial charge in [-0.1, -0.05) is 42.6 Å². The van der Waals surface area contributed by atoms with Gasteiger partial charge in [-0.25, -0.2) is 4.39 Å². The second kappa shape index (κ2) is 7.90. The number of nitrogens with one attached hydrogen (secondary N) is 1. The van der Waals surface area contributed by atoms with Gasteiger partial charge in [0.25, 0.3) is 0 Å². The fraction of sp³-hybridized carbons (Fsp3) is 0.600. The molecule has 0 spiro atoms. The number of unbranched alkanes of at least 4 members (excludes halogenated alkanes) is 1. The van der Waals surface area contributed by atoms with Gasteiger partial charge >= 0.3 is 0 Å². The second-order valence-corrected chi connectivity index (χ2v) is 5.91. The van der Waals surface area contributed by atoms with Gasteiger partial charge in [0.05, 0.1) is 0 Å². The Morgan fingerprint density at radius 2 is 2.06 bits per heavy atom. The van der Waals surface area contributed by atoms with Crippen LogP contribution in [0.4, 0.5) is 4.39 Å². The molecule has 0 heterocycles. The van der Waals surface area contributed by atoms with Crippen LogP contribution in [-0.2, 0) is 6.42 Å². The molecule has 3 heteroatoms. The molecule has 2 unspecified atom stereocenters. The number of halogens is 2. The van der Waals surface area contributed by atoms with Crippen molar-refractivity contribution in [3.8, 4) is 0 Å². The Morgan fingerprint density at radius 3 is 2.61 bits per heavy atom. The highest BCUT2D eigenvalue weighted by Crippen LogP contribution is 2.20. The Hall–Kier alpha value is -0.410. The van der Waals surface area contributed by atoms with Gasteiger partial charge in [-0.15, -0.1) is 0 Å². The molecule has 0 amide bonds. The normalized spacial score (nSPS) is 14.5. The zero-order chi connectivity index (χ0) is 13.5. The molecule has 0 aliphatic heterocycles. The maximum Gasteiger partial charge on any atom is 0.124 e. The molecule has 1 N–H and O–H groups in total. The first-order chi connectivity index (χ1) is 8.56. The average Bonchev–Trinajstić information content (AvgIpc) is 2.31. The van der Waals surface area contributed by atoms with Crippen LogP contribution >= 0.6 is 15.9 Å². The number of hydrogen-bond acceptors (Lipinski definition) is 1. The minimum Gasteiger partial charge on any atom is -0.316 e. The molecule has 102 valence electrons. The molecule has 1 aromatic carbocycles. The average molecular weight is 316 g/mol. The maximum atomic E-state index is 13.3. The zero-order valence-corrected chi connectivity index (χ0v) is 13.1. The van der Waals surface area contributed by atoms with E-state index in [1.807, 2.05) is 13.1 Å². The third-order valence-corrected chi connectivity index (χ3v) is 3.91. The largest absolute Gasteiger partial charge is 0.316 e. The van der Waals surface area contributed by atoms with Crippen LogP contribution < -0.4 is 5.32 Å². The lowest BCUT2D eigenvalue weighted by Gasteiger charge is -2.23. The van der Waals surface area contributed by atoms with Crippen LogP contribution in [-0.4, -0.2) is 13.1 Å². The molecule has 0 saturated heterocycles.